The molecule has 1 aromatic carbocycles. The van der Waals surface area contributed by atoms with E-state index in [1.54, 1.807) is 24.3 Å². The van der Waals surface area contributed by atoms with Crippen LogP contribution in [-0.4, -0.2) is 10.1 Å². The summed E-state index contributed by atoms with van der Waals surface area (Å²) < 4.78 is 1.16. The van der Waals surface area contributed by atoms with Gasteiger partial charge in [-0.1, -0.05) is 26.8 Å². The highest BCUT2D eigenvalue weighted by Gasteiger charge is 2.14. The van der Waals surface area contributed by atoms with Crippen LogP contribution in [0.2, 0.25) is 0 Å². The van der Waals surface area contributed by atoms with Crippen molar-refractivity contribution in [3.05, 3.63) is 34.5 Å². The summed E-state index contributed by atoms with van der Waals surface area (Å²) in [5, 5.41) is 10.1. The number of nitrogens with zero attached hydrogens (tertiary/aromatic N) is 1. The summed E-state index contributed by atoms with van der Waals surface area (Å²) in [5.74, 6) is 0.292. The molecule has 0 amide bonds. The van der Waals surface area contributed by atoms with Gasteiger partial charge in [-0.3, -0.25) is 0 Å². The Morgan fingerprint density at radius 3 is 2.65 bits per heavy atom. The highest BCUT2D eigenvalue weighted by Crippen LogP contribution is 2.29. The Kier molecular flexibility index (Phi) is 2.96. The number of aromatic nitrogens is 1. The van der Waals surface area contributed by atoms with Gasteiger partial charge >= 0.3 is 0 Å². The van der Waals surface area contributed by atoms with Crippen LogP contribution in [0.5, 0.6) is 0 Å². The zero-order valence-electron chi connectivity index (χ0n) is 10.6. The molecule has 0 aliphatic heterocycles. The van der Waals surface area contributed by atoms with Crippen LogP contribution in [0.15, 0.2) is 24.0 Å². The first-order chi connectivity index (χ1) is 7.86. The summed E-state index contributed by atoms with van der Waals surface area (Å²) in [4.78, 5) is 4.51. The van der Waals surface area contributed by atoms with Crippen molar-refractivity contribution in [1.29, 1.82) is 0 Å². The zero-order chi connectivity index (χ0) is 12.6. The molecule has 3 heteroatoms. The lowest BCUT2D eigenvalue weighted by atomic mass is 9.87. The van der Waals surface area contributed by atoms with Crippen LogP contribution in [0.1, 0.15) is 38.3 Å². The van der Waals surface area contributed by atoms with Crippen molar-refractivity contribution < 1.29 is 5.11 Å². The Bertz CT molecular complexity index is 571. The Morgan fingerprint density at radius 2 is 2.06 bits per heavy atom. The average molecular weight is 247 g/mol. The van der Waals surface area contributed by atoms with Crippen molar-refractivity contribution in [2.24, 2.45) is 0 Å². The number of aliphatic hydroxyl groups is 1. The fourth-order valence-electron chi connectivity index (χ4n) is 1.65. The molecule has 0 aliphatic carbocycles. The molecule has 0 radical (unpaired) electrons. The van der Waals surface area contributed by atoms with E-state index in [-0.39, 0.29) is 5.41 Å². The third kappa shape index (κ3) is 2.67. The maximum absolute atomic E-state index is 9.24. The third-order valence-corrected chi connectivity index (χ3v) is 3.59. The molecule has 17 heavy (non-hydrogen) atoms. The van der Waals surface area contributed by atoms with E-state index in [1.807, 2.05) is 0 Å². The molecule has 0 atom stereocenters. The van der Waals surface area contributed by atoms with Crippen LogP contribution in [0.25, 0.3) is 16.3 Å². The van der Waals surface area contributed by atoms with Gasteiger partial charge in [0.1, 0.15) is 5.01 Å². The van der Waals surface area contributed by atoms with Crippen LogP contribution in [0, 0.1) is 0 Å². The Balaban J connectivity index is 2.52. The molecule has 0 saturated carbocycles. The molecule has 0 spiro atoms. The van der Waals surface area contributed by atoms with E-state index in [0.717, 1.165) is 15.2 Å². The molecule has 0 unspecified atom stereocenters. The second-order valence-electron chi connectivity index (χ2n) is 5.27. The predicted molar refractivity (Wildman–Crippen MR) is 74.6 cm³/mol. The highest BCUT2D eigenvalue weighted by atomic mass is 32.1. The van der Waals surface area contributed by atoms with E-state index in [9.17, 15) is 5.11 Å². The molecule has 2 rings (SSSR count). The Hall–Kier alpha value is -1.35. The summed E-state index contributed by atoms with van der Waals surface area (Å²) in [5.41, 5.74) is 2.43. The summed E-state index contributed by atoms with van der Waals surface area (Å²) >= 11 is 1.60. The number of hydrogen-bond donors (Lipinski definition) is 1. The SMILES string of the molecule is C/C(O)=C/c1nc2cc(C(C)(C)C)ccc2s1. The van der Waals surface area contributed by atoms with E-state index in [0.29, 0.717) is 5.76 Å². The van der Waals surface area contributed by atoms with Crippen molar-refractivity contribution in [2.75, 3.05) is 0 Å². The van der Waals surface area contributed by atoms with Gasteiger partial charge in [-0.2, -0.15) is 0 Å². The number of allylic oxidation sites excluding steroid dienone is 1. The van der Waals surface area contributed by atoms with Gasteiger partial charge in [-0.25, -0.2) is 4.98 Å². The molecule has 1 aromatic heterocycles. The summed E-state index contributed by atoms with van der Waals surface area (Å²) in [6.07, 6.45) is 1.70. The van der Waals surface area contributed by atoms with Crippen molar-refractivity contribution >= 4 is 27.6 Å². The van der Waals surface area contributed by atoms with Gasteiger partial charge in [-0.05, 0) is 30.0 Å². The molecular formula is C14H17NOS. The number of aliphatic hydroxyl groups excluding tert-OH is 1. The summed E-state index contributed by atoms with van der Waals surface area (Å²) in [6.45, 7) is 8.24. The molecule has 1 heterocycles. The van der Waals surface area contributed by atoms with Crippen molar-refractivity contribution in [3.8, 4) is 0 Å². The lowest BCUT2D eigenvalue weighted by molar-refractivity contribution is 0.420. The molecule has 0 aliphatic rings. The molecule has 2 nitrogen and oxygen atoms in total. The molecule has 1 N–H and O–H groups in total. The van der Waals surface area contributed by atoms with Gasteiger partial charge in [-0.15, -0.1) is 11.3 Å². The van der Waals surface area contributed by atoms with Crippen molar-refractivity contribution in [1.82, 2.24) is 4.98 Å². The van der Waals surface area contributed by atoms with Gasteiger partial charge in [0.05, 0.1) is 16.0 Å². The number of fused-ring (bicyclic) bond motifs is 1. The Morgan fingerprint density at radius 1 is 1.35 bits per heavy atom. The fraction of sp³-hybridized carbons (Fsp3) is 0.357. The second-order valence-corrected chi connectivity index (χ2v) is 6.33. The minimum atomic E-state index is 0.140. The van der Waals surface area contributed by atoms with Gasteiger partial charge in [0.15, 0.2) is 0 Å². The smallest absolute Gasteiger partial charge is 0.120 e. The fourth-order valence-corrected chi connectivity index (χ4v) is 2.60. The maximum atomic E-state index is 9.24. The molecule has 0 bridgehead atoms. The number of hydrogen-bond acceptors (Lipinski definition) is 3. The minimum Gasteiger partial charge on any atom is -0.513 e. The molecule has 0 fully saturated rings. The zero-order valence-corrected chi connectivity index (χ0v) is 11.4. The normalized spacial score (nSPS) is 13.3. The van der Waals surface area contributed by atoms with Gasteiger partial charge in [0.25, 0.3) is 0 Å². The third-order valence-electron chi connectivity index (χ3n) is 2.60. The first kappa shape index (κ1) is 12.1. The van der Waals surface area contributed by atoms with E-state index in [2.05, 4.69) is 44.0 Å². The lowest BCUT2D eigenvalue weighted by Crippen LogP contribution is -2.10. The average Bonchev–Trinajstić information content (AvgIpc) is 2.55. The van der Waals surface area contributed by atoms with Crippen molar-refractivity contribution in [3.63, 3.8) is 0 Å². The number of thiazole rings is 1. The number of rotatable bonds is 1. The maximum Gasteiger partial charge on any atom is 0.120 e. The van der Waals surface area contributed by atoms with E-state index >= 15 is 0 Å². The molecule has 2 aromatic rings. The standard InChI is InChI=1S/C14H17NOS/c1-9(16)7-13-15-11-8-10(14(2,3)4)5-6-12(11)17-13/h5-8,16H,1-4H3/b9-7-. The van der Waals surface area contributed by atoms with Gasteiger partial charge in [0.2, 0.25) is 0 Å². The minimum absolute atomic E-state index is 0.140. The van der Waals surface area contributed by atoms with Crippen LogP contribution >= 0.6 is 11.3 Å². The van der Waals surface area contributed by atoms with Crippen LogP contribution in [-0.2, 0) is 5.41 Å². The number of benzene rings is 1. The highest BCUT2D eigenvalue weighted by molar-refractivity contribution is 7.19. The summed E-state index contributed by atoms with van der Waals surface area (Å²) in [7, 11) is 0. The predicted octanol–water partition coefficient (Wildman–Crippen LogP) is 4.51. The lowest BCUT2D eigenvalue weighted by Gasteiger charge is -2.18. The largest absolute Gasteiger partial charge is 0.513 e. The molecular weight excluding hydrogens is 230 g/mol. The second kappa shape index (κ2) is 4.15. The van der Waals surface area contributed by atoms with Crippen LogP contribution < -0.4 is 0 Å². The van der Waals surface area contributed by atoms with E-state index < -0.39 is 0 Å². The first-order valence-corrected chi connectivity index (χ1v) is 6.46. The van der Waals surface area contributed by atoms with Crippen LogP contribution in [0.4, 0.5) is 0 Å². The molecule has 90 valence electrons. The van der Waals surface area contributed by atoms with E-state index in [4.69, 9.17) is 0 Å². The topological polar surface area (TPSA) is 33.1 Å². The quantitative estimate of drug-likeness (QED) is 0.752. The van der Waals surface area contributed by atoms with Crippen LogP contribution in [0.3, 0.4) is 0 Å². The van der Waals surface area contributed by atoms with Crippen molar-refractivity contribution in [2.45, 2.75) is 33.1 Å². The van der Waals surface area contributed by atoms with E-state index in [1.165, 1.54) is 5.56 Å². The molecule has 0 saturated heterocycles. The summed E-state index contributed by atoms with van der Waals surface area (Å²) in [6, 6.07) is 6.40. The monoisotopic (exact) mass is 247 g/mol. The Labute approximate surface area is 106 Å². The van der Waals surface area contributed by atoms with Gasteiger partial charge in [0, 0.05) is 6.08 Å². The van der Waals surface area contributed by atoms with Gasteiger partial charge < -0.3 is 5.11 Å². The first-order valence-electron chi connectivity index (χ1n) is 5.64.